The predicted molar refractivity (Wildman–Crippen MR) is 27.1 cm³/mol. The van der Waals surface area contributed by atoms with Gasteiger partial charge in [0.1, 0.15) is 0 Å². The molecule has 0 amide bonds. The predicted octanol–water partition coefficient (Wildman–Crippen LogP) is -0.976. The van der Waals surface area contributed by atoms with Crippen molar-refractivity contribution in [2.75, 3.05) is 0 Å². The van der Waals surface area contributed by atoms with Crippen LogP contribution in [0.25, 0.3) is 0 Å². The van der Waals surface area contributed by atoms with E-state index in [-0.39, 0.29) is 0 Å². The Morgan fingerprint density at radius 1 is 1.22 bits per heavy atom. The summed E-state index contributed by atoms with van der Waals surface area (Å²) in [6, 6.07) is 0. The van der Waals surface area contributed by atoms with Gasteiger partial charge in [0.15, 0.2) is 0 Å². The van der Waals surface area contributed by atoms with Gasteiger partial charge >= 0.3 is 19.9 Å². The van der Waals surface area contributed by atoms with E-state index in [4.69, 9.17) is 25.6 Å². The zero-order valence-electron chi connectivity index (χ0n) is 3.68. The summed E-state index contributed by atoms with van der Waals surface area (Å²) in [4.78, 5) is 0. The molecule has 0 aliphatic heterocycles. The highest BCUT2D eigenvalue weighted by Crippen LogP contribution is 1.82. The van der Waals surface area contributed by atoms with Gasteiger partial charge in [-0.3, -0.25) is 4.55 Å². The quantitative estimate of drug-likeness (QED) is 0.395. The lowest BCUT2D eigenvalue weighted by atomic mass is 15.9. The lowest BCUT2D eigenvalue weighted by molar-refractivity contribution is 0.501. The summed E-state index contributed by atoms with van der Waals surface area (Å²) in [5.41, 5.74) is 0. The Morgan fingerprint density at radius 3 is 1.22 bits per heavy atom. The van der Waals surface area contributed by atoms with E-state index in [0.717, 1.165) is 0 Å². The zero-order chi connectivity index (χ0) is 8.08. The highest BCUT2D eigenvalue weighted by Gasteiger charge is 1.86. The fraction of sp³-hybridized carbons (Fsp3) is 0. The normalized spacial score (nSPS) is 9.11. The van der Waals surface area contributed by atoms with Crippen LogP contribution >= 0.6 is 10.7 Å². The van der Waals surface area contributed by atoms with Crippen molar-refractivity contribution in [3.63, 3.8) is 0 Å². The van der Waals surface area contributed by atoms with Crippen molar-refractivity contribution < 1.29 is 25.6 Å². The van der Waals surface area contributed by atoms with E-state index in [2.05, 4.69) is 10.7 Å². The van der Waals surface area contributed by atoms with Gasteiger partial charge in [0.25, 0.3) is 0 Å². The molecule has 0 heterocycles. The summed E-state index contributed by atoms with van der Waals surface area (Å²) < 4.78 is 50.5. The average molecular weight is 197 g/mol. The summed E-state index contributed by atoms with van der Waals surface area (Å²) in [6.07, 6.45) is 0. The Balaban J connectivity index is 0. The van der Waals surface area contributed by atoms with Gasteiger partial charge < -0.3 is 0 Å². The molecule has 0 bridgehead atoms. The molecule has 1 N–H and O–H groups in total. The molecule has 0 aromatic carbocycles. The fourth-order valence-electron chi connectivity index (χ4n) is 0. The molecule has 0 rings (SSSR count). The van der Waals surface area contributed by atoms with Crippen LogP contribution in [0.1, 0.15) is 0 Å². The first-order chi connectivity index (χ1) is 3.73. The van der Waals surface area contributed by atoms with Gasteiger partial charge in [0.05, 0.1) is 0 Å². The van der Waals surface area contributed by atoms with Crippen LogP contribution in [-0.2, 0) is 19.9 Å². The summed E-state index contributed by atoms with van der Waals surface area (Å²) >= 11 is 0. The molecule has 0 atom stereocenters. The van der Waals surface area contributed by atoms with Gasteiger partial charge in [-0.25, -0.2) is 0 Å². The molecule has 0 aromatic rings. The van der Waals surface area contributed by atoms with Crippen LogP contribution in [0.4, 0.5) is 0 Å². The van der Waals surface area contributed by atoms with Crippen molar-refractivity contribution in [3.8, 4) is 0 Å². The Labute approximate surface area is 56.8 Å². The summed E-state index contributed by atoms with van der Waals surface area (Å²) in [6.45, 7) is 0. The highest BCUT2D eigenvalue weighted by molar-refractivity contribution is 8.09. The van der Waals surface area contributed by atoms with Crippen molar-refractivity contribution in [2.24, 2.45) is 0 Å². The van der Waals surface area contributed by atoms with E-state index in [1.54, 1.807) is 0 Å². The minimum Gasteiger partial charge on any atom is -0.273 e. The first-order valence-electron chi connectivity index (χ1n) is 1.17. The first kappa shape index (κ1) is 11.6. The molecule has 9 heavy (non-hydrogen) atoms. The smallest absolute Gasteiger partial charge is 0.273 e. The van der Waals surface area contributed by atoms with E-state index >= 15 is 0 Å². The second kappa shape index (κ2) is 4.68. The molecule has 0 aliphatic rings. The third-order valence-electron chi connectivity index (χ3n) is 0. The molecule has 0 fully saturated rings. The second-order valence-electron chi connectivity index (χ2n) is 0.616. The molecule has 0 aliphatic carbocycles. The molecule has 0 spiro atoms. The van der Waals surface area contributed by atoms with E-state index in [0.29, 0.717) is 0 Å². The van der Waals surface area contributed by atoms with Crippen LogP contribution < -0.4 is 0 Å². The molecule has 0 unspecified atom stereocenters. The minimum atomic E-state index is -4.19. The second-order valence-corrected chi connectivity index (χ2v) is 3.02. The number of hydrogen-bond donors (Lipinski definition) is 1. The number of hydrogen-bond acceptors (Lipinski definition) is 5. The molecule has 0 radical (unpaired) electrons. The van der Waals surface area contributed by atoms with Crippen LogP contribution in [0.2, 0.25) is 0 Å². The summed E-state index contributed by atoms with van der Waals surface area (Å²) in [5.74, 6) is 0. The van der Waals surface area contributed by atoms with Crippen LogP contribution in [0.3, 0.4) is 0 Å². The standard InChI is InChI=1S/ClHO3S.O3S/c1-5(2,3)4;1-4(2)3/h(H,2,3,4);. The molecule has 0 saturated heterocycles. The maximum atomic E-state index is 8.95. The Morgan fingerprint density at radius 2 is 1.22 bits per heavy atom. The molecule has 9 heteroatoms. The first-order valence-corrected chi connectivity index (χ1v) is 4.44. The van der Waals surface area contributed by atoms with E-state index < -0.39 is 19.9 Å². The van der Waals surface area contributed by atoms with Gasteiger partial charge in [-0.05, 0) is 0 Å². The number of rotatable bonds is 0. The third-order valence-corrected chi connectivity index (χ3v) is 0. The molecular weight excluding hydrogens is 196 g/mol. The van der Waals surface area contributed by atoms with Crippen molar-refractivity contribution in [2.45, 2.75) is 0 Å². The Kier molecular flexibility index (Phi) is 6.02. The van der Waals surface area contributed by atoms with E-state index in [9.17, 15) is 0 Å². The maximum absolute atomic E-state index is 8.95. The largest absolute Gasteiger partial charge is 0.425 e. The SMILES string of the molecule is O=S(=O)(O)Cl.O=S(=O)=O. The highest BCUT2D eigenvalue weighted by atomic mass is 35.7. The molecule has 0 saturated carbocycles. The van der Waals surface area contributed by atoms with Gasteiger partial charge in [-0.15, -0.1) is 12.6 Å². The molecular formula is HClO6S2. The maximum Gasteiger partial charge on any atom is 0.425 e. The third kappa shape index (κ3) is 8180. The van der Waals surface area contributed by atoms with Crippen LogP contribution in [-0.4, -0.2) is 25.6 Å². The molecule has 6 nitrogen and oxygen atoms in total. The van der Waals surface area contributed by atoms with Gasteiger partial charge in [-0.1, -0.05) is 0 Å². The van der Waals surface area contributed by atoms with E-state index in [1.165, 1.54) is 0 Å². The van der Waals surface area contributed by atoms with Crippen molar-refractivity contribution >= 4 is 30.6 Å². The van der Waals surface area contributed by atoms with Crippen LogP contribution in [0.5, 0.6) is 0 Å². The molecule has 56 valence electrons. The topological polar surface area (TPSA) is 106 Å². The summed E-state index contributed by atoms with van der Waals surface area (Å²) in [7, 11) is -3.25. The van der Waals surface area contributed by atoms with Crippen LogP contribution in [0, 0.1) is 0 Å². The van der Waals surface area contributed by atoms with E-state index in [1.807, 2.05) is 0 Å². The van der Waals surface area contributed by atoms with Crippen LogP contribution in [0.15, 0.2) is 0 Å². The average Bonchev–Trinajstić information content (AvgIpc) is 1.19. The van der Waals surface area contributed by atoms with Gasteiger partial charge in [0.2, 0.25) is 0 Å². The molecule has 0 aromatic heterocycles. The van der Waals surface area contributed by atoms with Gasteiger partial charge in [0, 0.05) is 10.7 Å². The zero-order valence-corrected chi connectivity index (χ0v) is 6.07. The fourth-order valence-corrected chi connectivity index (χ4v) is 0. The summed E-state index contributed by atoms with van der Waals surface area (Å²) in [5, 5.41) is 0. The Bertz CT molecular complexity index is 224. The number of halogens is 1. The van der Waals surface area contributed by atoms with Crippen molar-refractivity contribution in [3.05, 3.63) is 0 Å². The lowest BCUT2D eigenvalue weighted by Gasteiger charge is -1.65. The lowest BCUT2D eigenvalue weighted by Crippen LogP contribution is -1.77. The Hall–Kier alpha value is -0.180. The minimum absolute atomic E-state index is 3.11. The van der Waals surface area contributed by atoms with Gasteiger partial charge in [-0.2, -0.15) is 8.42 Å². The monoisotopic (exact) mass is 196 g/mol. The van der Waals surface area contributed by atoms with Crippen molar-refractivity contribution in [1.82, 2.24) is 0 Å². The van der Waals surface area contributed by atoms with Crippen molar-refractivity contribution in [1.29, 1.82) is 0 Å².